The van der Waals surface area contributed by atoms with Crippen LogP contribution in [0, 0.1) is 5.82 Å². The van der Waals surface area contributed by atoms with E-state index in [2.05, 4.69) is 12.2 Å². The molecule has 0 unspecified atom stereocenters. The number of imidazole rings is 1. The van der Waals surface area contributed by atoms with E-state index in [1.807, 2.05) is 4.90 Å². The summed E-state index contributed by atoms with van der Waals surface area (Å²) in [5.74, 6) is -0.686. The lowest BCUT2D eigenvalue weighted by Gasteiger charge is -2.33. The van der Waals surface area contributed by atoms with Crippen LogP contribution in [0.4, 0.5) is 10.1 Å². The Kier molecular flexibility index (Phi) is 6.43. The summed E-state index contributed by atoms with van der Waals surface area (Å²) in [7, 11) is 3.28. The van der Waals surface area contributed by atoms with Gasteiger partial charge in [-0.1, -0.05) is 17.7 Å². The van der Waals surface area contributed by atoms with Crippen LogP contribution in [0.1, 0.15) is 6.92 Å². The lowest BCUT2D eigenvalue weighted by atomic mass is 9.97. The normalized spacial score (nSPS) is 15.8. The SMILES string of the molecule is C[C@@H]1CN(c2cc(-c3cc(F)cc(-c4ccc(-n5ccn(C)c5=O)c(Cl)c4)c3O)cn(C)c2=O)CCN1. The first kappa shape index (κ1) is 24.9. The van der Waals surface area contributed by atoms with Crippen molar-refractivity contribution in [2.45, 2.75) is 13.0 Å². The Morgan fingerprint density at radius 1 is 1.00 bits per heavy atom. The van der Waals surface area contributed by atoms with Crippen LogP contribution < -0.4 is 21.5 Å². The molecule has 2 N–H and O–H groups in total. The third-order valence-corrected chi connectivity index (χ3v) is 7.03. The molecule has 0 bridgehead atoms. The summed E-state index contributed by atoms with van der Waals surface area (Å²) < 4.78 is 19.2. The molecule has 2 aromatic carbocycles. The van der Waals surface area contributed by atoms with Crippen LogP contribution in [0.3, 0.4) is 0 Å². The zero-order valence-electron chi connectivity index (χ0n) is 20.7. The van der Waals surface area contributed by atoms with Crippen molar-refractivity contribution >= 4 is 17.3 Å². The van der Waals surface area contributed by atoms with E-state index in [0.29, 0.717) is 35.6 Å². The first-order chi connectivity index (χ1) is 17.6. The van der Waals surface area contributed by atoms with E-state index in [1.165, 1.54) is 25.8 Å². The van der Waals surface area contributed by atoms with Crippen molar-refractivity contribution in [1.29, 1.82) is 0 Å². The Morgan fingerprint density at radius 2 is 1.73 bits per heavy atom. The molecule has 1 aliphatic heterocycles. The summed E-state index contributed by atoms with van der Waals surface area (Å²) in [5, 5.41) is 14.9. The highest BCUT2D eigenvalue weighted by atomic mass is 35.5. The van der Waals surface area contributed by atoms with E-state index in [-0.39, 0.29) is 39.2 Å². The molecular formula is C27H27ClFN5O3. The van der Waals surface area contributed by atoms with Gasteiger partial charge in [-0.05, 0) is 42.8 Å². The molecule has 1 fully saturated rings. The smallest absolute Gasteiger partial charge is 0.332 e. The van der Waals surface area contributed by atoms with E-state index in [9.17, 15) is 19.1 Å². The molecule has 2 aromatic heterocycles. The van der Waals surface area contributed by atoms with Gasteiger partial charge in [0, 0.05) is 75.1 Å². The molecule has 0 spiro atoms. The zero-order valence-corrected chi connectivity index (χ0v) is 21.5. The van der Waals surface area contributed by atoms with Crippen LogP contribution in [0.2, 0.25) is 5.02 Å². The fraction of sp³-hybridized carbons (Fsp3) is 0.259. The largest absolute Gasteiger partial charge is 0.507 e. The summed E-state index contributed by atoms with van der Waals surface area (Å²) in [4.78, 5) is 27.3. The third kappa shape index (κ3) is 4.56. The number of halogens is 2. The second-order valence-corrected chi connectivity index (χ2v) is 9.82. The molecule has 0 aliphatic carbocycles. The minimum absolute atomic E-state index is 0.139. The van der Waals surface area contributed by atoms with Gasteiger partial charge >= 0.3 is 5.69 Å². The van der Waals surface area contributed by atoms with Crippen molar-refractivity contribution in [1.82, 2.24) is 19.0 Å². The minimum Gasteiger partial charge on any atom is -0.507 e. The van der Waals surface area contributed by atoms with Crippen molar-refractivity contribution in [3.63, 3.8) is 0 Å². The number of hydrogen-bond donors (Lipinski definition) is 2. The Hall–Kier alpha value is -3.82. The molecule has 10 heteroatoms. The lowest BCUT2D eigenvalue weighted by molar-refractivity contribution is 0.477. The molecular weight excluding hydrogens is 497 g/mol. The second-order valence-electron chi connectivity index (χ2n) is 9.41. The monoisotopic (exact) mass is 523 g/mol. The summed E-state index contributed by atoms with van der Waals surface area (Å²) in [6, 6.07) is 9.32. The first-order valence-corrected chi connectivity index (χ1v) is 12.3. The highest BCUT2D eigenvalue weighted by Crippen LogP contribution is 2.40. The summed E-state index contributed by atoms with van der Waals surface area (Å²) in [6.07, 6.45) is 4.82. The van der Waals surface area contributed by atoms with Gasteiger partial charge in [-0.15, -0.1) is 0 Å². The number of hydrogen-bond acceptors (Lipinski definition) is 5. The van der Waals surface area contributed by atoms with Gasteiger partial charge in [0.25, 0.3) is 5.56 Å². The number of piperazine rings is 1. The maximum absolute atomic E-state index is 14.9. The number of rotatable bonds is 4. The number of pyridine rings is 1. The van der Waals surface area contributed by atoms with Gasteiger partial charge in [0.15, 0.2) is 0 Å². The highest BCUT2D eigenvalue weighted by molar-refractivity contribution is 6.32. The first-order valence-electron chi connectivity index (χ1n) is 11.9. The Labute approximate surface area is 217 Å². The fourth-order valence-corrected chi connectivity index (χ4v) is 5.05. The van der Waals surface area contributed by atoms with Crippen molar-refractivity contribution < 1.29 is 9.50 Å². The maximum atomic E-state index is 14.9. The van der Waals surface area contributed by atoms with Crippen molar-refractivity contribution in [3.8, 4) is 33.7 Å². The van der Waals surface area contributed by atoms with Crippen LogP contribution in [0.15, 0.2) is 64.6 Å². The Morgan fingerprint density at radius 3 is 2.38 bits per heavy atom. The van der Waals surface area contributed by atoms with Crippen LogP contribution >= 0.6 is 11.6 Å². The van der Waals surface area contributed by atoms with Crippen LogP contribution in [-0.4, -0.2) is 44.5 Å². The molecule has 1 atom stereocenters. The van der Waals surface area contributed by atoms with Crippen LogP contribution in [-0.2, 0) is 14.1 Å². The van der Waals surface area contributed by atoms with E-state index in [0.717, 1.165) is 6.54 Å². The van der Waals surface area contributed by atoms with Crippen molar-refractivity contribution in [3.05, 3.63) is 86.7 Å². The lowest BCUT2D eigenvalue weighted by Crippen LogP contribution is -2.50. The van der Waals surface area contributed by atoms with E-state index >= 15 is 0 Å². The van der Waals surface area contributed by atoms with Gasteiger partial charge in [-0.2, -0.15) is 0 Å². The molecule has 8 nitrogen and oxygen atoms in total. The van der Waals surface area contributed by atoms with Crippen LogP contribution in [0.25, 0.3) is 27.9 Å². The van der Waals surface area contributed by atoms with E-state index in [1.54, 1.807) is 57.0 Å². The molecule has 5 rings (SSSR count). The van der Waals surface area contributed by atoms with E-state index < -0.39 is 5.82 Å². The molecule has 3 heterocycles. The Bertz CT molecular complexity index is 1620. The molecule has 0 amide bonds. The minimum atomic E-state index is -0.548. The van der Waals surface area contributed by atoms with Crippen molar-refractivity contribution in [2.75, 3.05) is 24.5 Å². The fourth-order valence-electron chi connectivity index (χ4n) is 4.78. The molecule has 37 heavy (non-hydrogen) atoms. The number of aryl methyl sites for hydroxylation is 2. The molecule has 0 saturated carbocycles. The number of phenols is 1. The second kappa shape index (κ2) is 9.57. The number of phenolic OH excluding ortho intramolecular Hbond substituents is 1. The molecule has 4 aromatic rings. The molecule has 192 valence electrons. The summed E-state index contributed by atoms with van der Waals surface area (Å²) >= 11 is 6.51. The van der Waals surface area contributed by atoms with Crippen molar-refractivity contribution in [2.24, 2.45) is 14.1 Å². The molecule has 0 radical (unpaired) electrons. The predicted octanol–water partition coefficient (Wildman–Crippen LogP) is 3.50. The number of nitrogens with one attached hydrogen (secondary N) is 1. The quantitative estimate of drug-likeness (QED) is 0.428. The maximum Gasteiger partial charge on any atom is 0.332 e. The third-order valence-electron chi connectivity index (χ3n) is 6.72. The average molecular weight is 524 g/mol. The van der Waals surface area contributed by atoms with Gasteiger partial charge < -0.3 is 24.5 Å². The van der Waals surface area contributed by atoms with Gasteiger partial charge in [-0.3, -0.25) is 9.36 Å². The van der Waals surface area contributed by atoms with Crippen LogP contribution in [0.5, 0.6) is 5.75 Å². The molecule has 1 saturated heterocycles. The van der Waals surface area contributed by atoms with Gasteiger partial charge in [0.2, 0.25) is 0 Å². The number of anilines is 1. The van der Waals surface area contributed by atoms with Gasteiger partial charge in [-0.25, -0.2) is 9.18 Å². The average Bonchev–Trinajstić information content (AvgIpc) is 3.19. The van der Waals surface area contributed by atoms with Gasteiger partial charge in [0.05, 0.1) is 10.7 Å². The topological polar surface area (TPSA) is 84.4 Å². The zero-order chi connectivity index (χ0) is 26.4. The number of aromatic nitrogens is 3. The summed E-state index contributed by atoms with van der Waals surface area (Å²) in [5.41, 5.74) is 2.06. The number of aromatic hydroxyl groups is 1. The number of benzene rings is 2. The highest BCUT2D eigenvalue weighted by Gasteiger charge is 2.22. The molecule has 1 aliphatic rings. The van der Waals surface area contributed by atoms with E-state index in [4.69, 9.17) is 11.6 Å². The number of nitrogens with zero attached hydrogens (tertiary/aromatic N) is 4. The standard InChI is InChI=1S/C27H27ClFN5O3/c1-16-14-33(7-6-30-16)24-11-18(15-32(3)26(24)36)21-13-19(29)12-20(25(21)35)17-4-5-23(22(28)10-17)34-9-8-31(2)27(34)37/h4-5,8-13,15-16,30,35H,6-7,14H2,1-3H3/t16-/m1/s1. The summed E-state index contributed by atoms with van der Waals surface area (Å²) in [6.45, 7) is 4.12. The predicted molar refractivity (Wildman–Crippen MR) is 143 cm³/mol. The van der Waals surface area contributed by atoms with Gasteiger partial charge in [0.1, 0.15) is 17.3 Å². The Balaban J connectivity index is 1.60.